The van der Waals surface area contributed by atoms with Crippen molar-refractivity contribution in [3.8, 4) is 0 Å². The standard InChI is InChI=1S/C10H13N3/c1-2-8-3-4-13-7-9(6-11)12-10(13)5-8/h3-5,7H,2,6,11H2,1H3. The first kappa shape index (κ1) is 8.26. The van der Waals surface area contributed by atoms with Crippen molar-refractivity contribution >= 4 is 5.65 Å². The lowest BCUT2D eigenvalue weighted by Crippen LogP contribution is -1.95. The number of hydrogen-bond donors (Lipinski definition) is 1. The average molecular weight is 175 g/mol. The van der Waals surface area contributed by atoms with Crippen molar-refractivity contribution < 1.29 is 0 Å². The van der Waals surface area contributed by atoms with Gasteiger partial charge < -0.3 is 10.1 Å². The summed E-state index contributed by atoms with van der Waals surface area (Å²) in [5.74, 6) is 0. The Hall–Kier alpha value is -1.35. The molecule has 0 unspecified atom stereocenters. The third-order valence-electron chi connectivity index (χ3n) is 2.19. The summed E-state index contributed by atoms with van der Waals surface area (Å²) < 4.78 is 2.00. The van der Waals surface area contributed by atoms with Crippen LogP contribution < -0.4 is 5.73 Å². The number of imidazole rings is 1. The molecule has 3 heteroatoms. The largest absolute Gasteiger partial charge is 0.325 e. The van der Waals surface area contributed by atoms with E-state index in [1.807, 2.05) is 16.8 Å². The number of pyridine rings is 1. The van der Waals surface area contributed by atoms with E-state index in [2.05, 4.69) is 24.0 Å². The van der Waals surface area contributed by atoms with Gasteiger partial charge >= 0.3 is 0 Å². The molecule has 2 rings (SSSR count). The molecule has 0 bridgehead atoms. The van der Waals surface area contributed by atoms with Crippen molar-refractivity contribution in [1.29, 1.82) is 0 Å². The second-order valence-electron chi connectivity index (χ2n) is 3.09. The Morgan fingerprint density at radius 2 is 2.38 bits per heavy atom. The maximum absolute atomic E-state index is 5.51. The normalized spacial score (nSPS) is 10.9. The average Bonchev–Trinajstić information content (AvgIpc) is 2.58. The van der Waals surface area contributed by atoms with Crippen molar-refractivity contribution in [1.82, 2.24) is 9.38 Å². The third kappa shape index (κ3) is 1.42. The summed E-state index contributed by atoms with van der Waals surface area (Å²) in [5.41, 5.74) is 8.74. The van der Waals surface area contributed by atoms with Gasteiger partial charge in [-0.05, 0) is 24.1 Å². The number of nitrogens with zero attached hydrogens (tertiary/aromatic N) is 2. The minimum Gasteiger partial charge on any atom is -0.325 e. The molecule has 0 aromatic carbocycles. The SMILES string of the molecule is CCc1ccn2cc(CN)nc2c1. The van der Waals surface area contributed by atoms with E-state index in [-0.39, 0.29) is 0 Å². The van der Waals surface area contributed by atoms with Crippen LogP contribution in [-0.2, 0) is 13.0 Å². The van der Waals surface area contributed by atoms with Crippen LogP contribution in [0.5, 0.6) is 0 Å². The van der Waals surface area contributed by atoms with Crippen LogP contribution in [0, 0.1) is 0 Å². The lowest BCUT2D eigenvalue weighted by atomic mass is 10.2. The summed E-state index contributed by atoms with van der Waals surface area (Å²) in [5, 5.41) is 0. The van der Waals surface area contributed by atoms with E-state index in [0.717, 1.165) is 17.8 Å². The molecule has 0 atom stereocenters. The number of hydrogen-bond acceptors (Lipinski definition) is 2. The van der Waals surface area contributed by atoms with Crippen molar-refractivity contribution in [2.75, 3.05) is 0 Å². The van der Waals surface area contributed by atoms with E-state index in [0.29, 0.717) is 6.54 Å². The van der Waals surface area contributed by atoms with Gasteiger partial charge in [0.1, 0.15) is 5.65 Å². The maximum Gasteiger partial charge on any atom is 0.137 e. The summed E-state index contributed by atoms with van der Waals surface area (Å²) in [6, 6.07) is 4.20. The highest BCUT2D eigenvalue weighted by atomic mass is 15.0. The van der Waals surface area contributed by atoms with Crippen LogP contribution in [0.4, 0.5) is 0 Å². The molecule has 0 aliphatic heterocycles. The van der Waals surface area contributed by atoms with Gasteiger partial charge in [0.25, 0.3) is 0 Å². The van der Waals surface area contributed by atoms with E-state index in [9.17, 15) is 0 Å². The predicted octanol–water partition coefficient (Wildman–Crippen LogP) is 1.36. The molecule has 2 heterocycles. The molecule has 0 fully saturated rings. The van der Waals surface area contributed by atoms with Crippen LogP contribution in [0.15, 0.2) is 24.5 Å². The Morgan fingerprint density at radius 3 is 3.08 bits per heavy atom. The highest BCUT2D eigenvalue weighted by molar-refractivity contribution is 5.42. The molecule has 0 saturated heterocycles. The first-order valence-corrected chi connectivity index (χ1v) is 4.50. The second-order valence-corrected chi connectivity index (χ2v) is 3.09. The predicted molar refractivity (Wildman–Crippen MR) is 52.5 cm³/mol. The zero-order valence-corrected chi connectivity index (χ0v) is 7.70. The van der Waals surface area contributed by atoms with Gasteiger partial charge in [-0.3, -0.25) is 0 Å². The Bertz CT molecular complexity index is 415. The van der Waals surface area contributed by atoms with Crippen molar-refractivity contribution in [3.63, 3.8) is 0 Å². The van der Waals surface area contributed by atoms with Crippen LogP contribution in [0.2, 0.25) is 0 Å². The first-order chi connectivity index (χ1) is 6.33. The number of aryl methyl sites for hydroxylation is 1. The fraction of sp³-hybridized carbons (Fsp3) is 0.300. The zero-order chi connectivity index (χ0) is 9.26. The second kappa shape index (κ2) is 3.18. The van der Waals surface area contributed by atoms with Crippen molar-refractivity contribution in [2.24, 2.45) is 5.73 Å². The molecule has 0 aliphatic rings. The molecule has 2 aromatic rings. The van der Waals surface area contributed by atoms with Crippen LogP contribution >= 0.6 is 0 Å². The van der Waals surface area contributed by atoms with E-state index in [1.54, 1.807) is 0 Å². The van der Waals surface area contributed by atoms with Crippen molar-refractivity contribution in [3.05, 3.63) is 35.8 Å². The molecule has 0 saturated carbocycles. The summed E-state index contributed by atoms with van der Waals surface area (Å²) in [6.07, 6.45) is 5.04. The number of rotatable bonds is 2. The smallest absolute Gasteiger partial charge is 0.137 e. The van der Waals surface area contributed by atoms with Gasteiger partial charge in [-0.15, -0.1) is 0 Å². The lowest BCUT2D eigenvalue weighted by Gasteiger charge is -1.96. The minimum absolute atomic E-state index is 0.503. The fourth-order valence-electron chi connectivity index (χ4n) is 1.39. The maximum atomic E-state index is 5.51. The Labute approximate surface area is 77.2 Å². The fourth-order valence-corrected chi connectivity index (χ4v) is 1.39. The molecule has 0 aliphatic carbocycles. The number of fused-ring (bicyclic) bond motifs is 1. The monoisotopic (exact) mass is 175 g/mol. The van der Waals surface area contributed by atoms with Crippen LogP contribution in [0.25, 0.3) is 5.65 Å². The molecule has 3 nitrogen and oxygen atoms in total. The van der Waals surface area contributed by atoms with Gasteiger partial charge in [-0.1, -0.05) is 6.92 Å². The van der Waals surface area contributed by atoms with Gasteiger partial charge in [0.15, 0.2) is 0 Å². The minimum atomic E-state index is 0.503. The van der Waals surface area contributed by atoms with Crippen LogP contribution in [0.3, 0.4) is 0 Å². The molecule has 0 amide bonds. The van der Waals surface area contributed by atoms with Crippen molar-refractivity contribution in [2.45, 2.75) is 19.9 Å². The van der Waals surface area contributed by atoms with E-state index >= 15 is 0 Å². The first-order valence-electron chi connectivity index (χ1n) is 4.50. The van der Waals surface area contributed by atoms with E-state index in [1.165, 1.54) is 5.56 Å². The lowest BCUT2D eigenvalue weighted by molar-refractivity contribution is 1.02. The van der Waals surface area contributed by atoms with Gasteiger partial charge in [-0.25, -0.2) is 4.98 Å². The molecule has 2 aromatic heterocycles. The Kier molecular flexibility index (Phi) is 2.02. The third-order valence-corrected chi connectivity index (χ3v) is 2.19. The van der Waals surface area contributed by atoms with E-state index < -0.39 is 0 Å². The zero-order valence-electron chi connectivity index (χ0n) is 7.70. The topological polar surface area (TPSA) is 43.3 Å². The molecule has 68 valence electrons. The highest BCUT2D eigenvalue weighted by Gasteiger charge is 1.99. The summed E-state index contributed by atoms with van der Waals surface area (Å²) >= 11 is 0. The van der Waals surface area contributed by atoms with Gasteiger partial charge in [-0.2, -0.15) is 0 Å². The highest BCUT2D eigenvalue weighted by Crippen LogP contribution is 2.08. The van der Waals surface area contributed by atoms with Crippen LogP contribution in [-0.4, -0.2) is 9.38 Å². The van der Waals surface area contributed by atoms with E-state index in [4.69, 9.17) is 5.73 Å². The summed E-state index contributed by atoms with van der Waals surface area (Å²) in [4.78, 5) is 4.38. The molecular weight excluding hydrogens is 162 g/mol. The molecule has 0 radical (unpaired) electrons. The number of nitrogens with two attached hydrogens (primary N) is 1. The molecule has 2 N–H and O–H groups in total. The molecule has 13 heavy (non-hydrogen) atoms. The van der Waals surface area contributed by atoms with Gasteiger partial charge in [0.2, 0.25) is 0 Å². The molecular formula is C10H13N3. The summed E-state index contributed by atoms with van der Waals surface area (Å²) in [6.45, 7) is 2.64. The quantitative estimate of drug-likeness (QED) is 0.748. The van der Waals surface area contributed by atoms with Gasteiger partial charge in [0.05, 0.1) is 5.69 Å². The Morgan fingerprint density at radius 1 is 1.54 bits per heavy atom. The summed E-state index contributed by atoms with van der Waals surface area (Å²) in [7, 11) is 0. The number of aromatic nitrogens is 2. The molecule has 0 spiro atoms. The van der Waals surface area contributed by atoms with Gasteiger partial charge in [0, 0.05) is 18.9 Å². The van der Waals surface area contributed by atoms with Crippen LogP contribution in [0.1, 0.15) is 18.2 Å². The Balaban J connectivity index is 2.57.